The standard InChI is InChI=1S/C15H11N5O4/c1-8-11(6-16)12(19-15(21)18-8)13-14(24-7-17-13)9-2-4-10(5-3-9)20(22)23/h2-5,7,12H,1H3,(H2,18,19,21). The Labute approximate surface area is 135 Å². The van der Waals surface area contributed by atoms with Crippen LogP contribution in [0.4, 0.5) is 10.5 Å². The van der Waals surface area contributed by atoms with Crippen molar-refractivity contribution in [2.75, 3.05) is 0 Å². The van der Waals surface area contributed by atoms with Gasteiger partial charge in [-0.3, -0.25) is 10.1 Å². The van der Waals surface area contributed by atoms with Gasteiger partial charge in [-0.2, -0.15) is 5.26 Å². The summed E-state index contributed by atoms with van der Waals surface area (Å²) < 4.78 is 5.38. The summed E-state index contributed by atoms with van der Waals surface area (Å²) in [6.45, 7) is 1.62. The van der Waals surface area contributed by atoms with Gasteiger partial charge in [0.25, 0.3) is 5.69 Å². The van der Waals surface area contributed by atoms with Crippen molar-refractivity contribution in [3.05, 3.63) is 57.7 Å². The van der Waals surface area contributed by atoms with Crippen LogP contribution in [-0.2, 0) is 0 Å². The lowest BCUT2D eigenvalue weighted by atomic mass is 9.98. The number of amides is 2. The van der Waals surface area contributed by atoms with E-state index in [1.165, 1.54) is 30.7 Å². The topological polar surface area (TPSA) is 134 Å². The number of nitrogens with one attached hydrogen (secondary N) is 2. The third-order valence-corrected chi connectivity index (χ3v) is 3.60. The number of oxazole rings is 1. The summed E-state index contributed by atoms with van der Waals surface area (Å²) in [6.07, 6.45) is 1.20. The van der Waals surface area contributed by atoms with Crippen LogP contribution >= 0.6 is 0 Å². The number of nitro benzene ring substituents is 1. The molecule has 1 aliphatic heterocycles. The second-order valence-corrected chi connectivity index (χ2v) is 5.05. The molecule has 0 spiro atoms. The number of nitriles is 1. The summed E-state index contributed by atoms with van der Waals surface area (Å²) in [7, 11) is 0. The Balaban J connectivity index is 2.04. The molecule has 2 heterocycles. The minimum Gasteiger partial charge on any atom is -0.443 e. The van der Waals surface area contributed by atoms with Crippen LogP contribution in [0.2, 0.25) is 0 Å². The van der Waals surface area contributed by atoms with Crippen LogP contribution in [0.5, 0.6) is 0 Å². The number of carbonyl (C=O) groups is 1. The predicted octanol–water partition coefficient (Wildman–Crippen LogP) is 2.40. The number of aromatic nitrogens is 1. The first-order chi connectivity index (χ1) is 11.5. The van der Waals surface area contributed by atoms with Crippen LogP contribution < -0.4 is 10.6 Å². The molecule has 0 aliphatic carbocycles. The molecular weight excluding hydrogens is 314 g/mol. The first-order valence-electron chi connectivity index (χ1n) is 6.88. The molecule has 120 valence electrons. The zero-order valence-corrected chi connectivity index (χ0v) is 12.4. The highest BCUT2D eigenvalue weighted by atomic mass is 16.6. The lowest BCUT2D eigenvalue weighted by molar-refractivity contribution is -0.384. The molecule has 0 saturated carbocycles. The lowest BCUT2D eigenvalue weighted by Crippen LogP contribution is -2.43. The summed E-state index contributed by atoms with van der Waals surface area (Å²) in [5.74, 6) is 0.331. The highest BCUT2D eigenvalue weighted by molar-refractivity contribution is 5.80. The van der Waals surface area contributed by atoms with E-state index in [1.807, 2.05) is 6.07 Å². The van der Waals surface area contributed by atoms with Gasteiger partial charge in [0.1, 0.15) is 11.7 Å². The highest BCUT2D eigenvalue weighted by Gasteiger charge is 2.31. The van der Waals surface area contributed by atoms with Crippen molar-refractivity contribution in [1.29, 1.82) is 5.26 Å². The van der Waals surface area contributed by atoms with Gasteiger partial charge in [-0.15, -0.1) is 0 Å². The summed E-state index contributed by atoms with van der Waals surface area (Å²) >= 11 is 0. The smallest absolute Gasteiger partial charge is 0.319 e. The fourth-order valence-corrected chi connectivity index (χ4v) is 2.46. The molecule has 1 atom stereocenters. The third-order valence-electron chi connectivity index (χ3n) is 3.60. The van der Waals surface area contributed by atoms with Crippen LogP contribution in [0.3, 0.4) is 0 Å². The Morgan fingerprint density at radius 3 is 2.71 bits per heavy atom. The van der Waals surface area contributed by atoms with E-state index >= 15 is 0 Å². The van der Waals surface area contributed by atoms with Gasteiger partial charge in [0, 0.05) is 23.4 Å². The largest absolute Gasteiger partial charge is 0.443 e. The van der Waals surface area contributed by atoms with E-state index in [9.17, 15) is 20.2 Å². The van der Waals surface area contributed by atoms with Gasteiger partial charge in [-0.25, -0.2) is 9.78 Å². The molecule has 2 amide bonds. The van der Waals surface area contributed by atoms with Gasteiger partial charge >= 0.3 is 6.03 Å². The molecule has 1 aliphatic rings. The molecule has 1 aromatic carbocycles. The Hall–Kier alpha value is -3.67. The Morgan fingerprint density at radius 1 is 1.38 bits per heavy atom. The molecule has 0 fully saturated rings. The van der Waals surface area contributed by atoms with Crippen LogP contribution in [0, 0.1) is 21.4 Å². The maximum absolute atomic E-state index is 11.7. The molecule has 24 heavy (non-hydrogen) atoms. The quantitative estimate of drug-likeness (QED) is 0.657. The first-order valence-corrected chi connectivity index (χ1v) is 6.88. The zero-order valence-electron chi connectivity index (χ0n) is 12.4. The molecule has 1 unspecified atom stereocenters. The monoisotopic (exact) mass is 325 g/mol. The molecule has 9 nitrogen and oxygen atoms in total. The van der Waals surface area contributed by atoms with Gasteiger partial charge in [-0.05, 0) is 19.1 Å². The van der Waals surface area contributed by atoms with Crippen LogP contribution in [0.25, 0.3) is 11.3 Å². The predicted molar refractivity (Wildman–Crippen MR) is 81.3 cm³/mol. The van der Waals surface area contributed by atoms with Gasteiger partial charge in [-0.1, -0.05) is 0 Å². The normalized spacial score (nSPS) is 17.0. The van der Waals surface area contributed by atoms with E-state index in [1.54, 1.807) is 6.92 Å². The number of non-ortho nitro benzene ring substituents is 1. The SMILES string of the molecule is CC1=C(C#N)C(c2ncoc2-c2ccc([N+](=O)[O-])cc2)NC(=O)N1. The maximum Gasteiger partial charge on any atom is 0.319 e. The summed E-state index contributed by atoms with van der Waals surface area (Å²) in [4.78, 5) is 26.1. The van der Waals surface area contributed by atoms with E-state index in [0.717, 1.165) is 0 Å². The minimum absolute atomic E-state index is 0.0524. The molecule has 0 saturated heterocycles. The molecule has 1 aromatic heterocycles. The average molecular weight is 325 g/mol. The van der Waals surface area contributed by atoms with Crippen LogP contribution in [-0.4, -0.2) is 15.9 Å². The molecule has 2 aromatic rings. The van der Waals surface area contributed by atoms with Gasteiger partial charge in [0.15, 0.2) is 12.2 Å². The van der Waals surface area contributed by atoms with E-state index < -0.39 is 17.0 Å². The lowest BCUT2D eigenvalue weighted by Gasteiger charge is -2.24. The van der Waals surface area contributed by atoms with Crippen molar-refractivity contribution >= 4 is 11.7 Å². The highest BCUT2D eigenvalue weighted by Crippen LogP contribution is 2.33. The van der Waals surface area contributed by atoms with Crippen molar-refractivity contribution in [2.24, 2.45) is 0 Å². The number of urea groups is 1. The van der Waals surface area contributed by atoms with Gasteiger partial charge in [0.05, 0.1) is 16.6 Å². The number of rotatable bonds is 3. The molecule has 9 heteroatoms. The fourth-order valence-electron chi connectivity index (χ4n) is 2.46. The maximum atomic E-state index is 11.7. The van der Waals surface area contributed by atoms with Gasteiger partial charge in [0.2, 0.25) is 0 Å². The fraction of sp³-hybridized carbons (Fsp3) is 0.133. The summed E-state index contributed by atoms with van der Waals surface area (Å²) in [5, 5.41) is 25.2. The van der Waals surface area contributed by atoms with Crippen molar-refractivity contribution in [2.45, 2.75) is 13.0 Å². The van der Waals surface area contributed by atoms with E-state index in [4.69, 9.17) is 4.42 Å². The van der Waals surface area contributed by atoms with Crippen molar-refractivity contribution in [3.63, 3.8) is 0 Å². The Bertz CT molecular complexity index is 891. The number of allylic oxidation sites excluding steroid dienone is 1. The summed E-state index contributed by atoms with van der Waals surface area (Å²) in [5.41, 5.74) is 1.60. The molecular formula is C15H11N5O4. The van der Waals surface area contributed by atoms with Crippen LogP contribution in [0.15, 0.2) is 46.3 Å². The third kappa shape index (κ3) is 2.56. The zero-order chi connectivity index (χ0) is 17.3. The minimum atomic E-state index is -0.757. The first kappa shape index (κ1) is 15.2. The molecule has 0 radical (unpaired) electrons. The van der Waals surface area contributed by atoms with Crippen molar-refractivity contribution < 1.29 is 14.1 Å². The number of carbonyl (C=O) groups excluding carboxylic acids is 1. The summed E-state index contributed by atoms with van der Waals surface area (Å²) in [6, 6.07) is 6.57. The van der Waals surface area contributed by atoms with E-state index in [-0.39, 0.29) is 5.69 Å². The van der Waals surface area contributed by atoms with Crippen molar-refractivity contribution in [3.8, 4) is 17.4 Å². The van der Waals surface area contributed by atoms with Crippen LogP contribution in [0.1, 0.15) is 18.7 Å². The second kappa shape index (κ2) is 5.85. The second-order valence-electron chi connectivity index (χ2n) is 5.05. The number of hydrogen-bond donors (Lipinski definition) is 2. The average Bonchev–Trinajstić information content (AvgIpc) is 3.03. The van der Waals surface area contributed by atoms with Gasteiger partial charge < -0.3 is 15.1 Å². The van der Waals surface area contributed by atoms with Crippen molar-refractivity contribution in [1.82, 2.24) is 15.6 Å². The Morgan fingerprint density at radius 2 is 2.08 bits per heavy atom. The molecule has 2 N–H and O–H groups in total. The van der Waals surface area contributed by atoms with E-state index in [0.29, 0.717) is 28.3 Å². The molecule has 0 bridgehead atoms. The Kier molecular flexibility index (Phi) is 3.71. The number of benzene rings is 1. The number of nitrogens with zero attached hydrogens (tertiary/aromatic N) is 3. The van der Waals surface area contributed by atoms with E-state index in [2.05, 4.69) is 15.6 Å². The molecule has 3 rings (SSSR count). The number of hydrogen-bond acceptors (Lipinski definition) is 6. The number of nitro groups is 1.